The second kappa shape index (κ2) is 4.47. The van der Waals surface area contributed by atoms with Gasteiger partial charge in [-0.25, -0.2) is 13.1 Å². The second-order valence-corrected chi connectivity index (χ2v) is 7.48. The van der Waals surface area contributed by atoms with E-state index in [9.17, 15) is 13.5 Å². The van der Waals surface area contributed by atoms with Crippen LogP contribution in [0, 0.1) is 12.3 Å². The van der Waals surface area contributed by atoms with Gasteiger partial charge in [0.15, 0.2) is 0 Å². The van der Waals surface area contributed by atoms with Crippen LogP contribution in [0.15, 0.2) is 23.1 Å². The molecular weight excluding hydrogens is 264 g/mol. The van der Waals surface area contributed by atoms with Gasteiger partial charge in [-0.1, -0.05) is 13.8 Å². The Morgan fingerprint density at radius 2 is 2.05 bits per heavy atom. The fraction of sp³-hybridized carbons (Fsp3) is 0.538. The molecular formula is C13H20N2O3S. The van der Waals surface area contributed by atoms with E-state index in [0.29, 0.717) is 12.1 Å². The van der Waals surface area contributed by atoms with Crippen molar-refractivity contribution in [3.05, 3.63) is 23.8 Å². The van der Waals surface area contributed by atoms with Crippen LogP contribution in [-0.4, -0.2) is 25.7 Å². The molecule has 0 spiro atoms. The summed E-state index contributed by atoms with van der Waals surface area (Å²) >= 11 is 0. The van der Waals surface area contributed by atoms with E-state index in [-0.39, 0.29) is 10.9 Å². The summed E-state index contributed by atoms with van der Waals surface area (Å²) in [5.74, 6) is 0. The van der Waals surface area contributed by atoms with Crippen molar-refractivity contribution < 1.29 is 13.5 Å². The molecule has 1 aliphatic rings. The minimum atomic E-state index is -3.57. The first-order chi connectivity index (χ1) is 8.64. The molecule has 2 atom stereocenters. The van der Waals surface area contributed by atoms with E-state index in [1.54, 1.807) is 19.1 Å². The molecule has 19 heavy (non-hydrogen) atoms. The Kier molecular flexibility index (Phi) is 3.36. The van der Waals surface area contributed by atoms with Gasteiger partial charge in [-0.05, 0) is 37.1 Å². The maximum Gasteiger partial charge on any atom is 0.240 e. The second-order valence-electron chi connectivity index (χ2n) is 5.77. The number of nitrogens with one attached hydrogen (secondary N) is 1. The third-order valence-electron chi connectivity index (χ3n) is 4.06. The van der Waals surface area contributed by atoms with Gasteiger partial charge in [0.05, 0.1) is 11.0 Å². The maximum atomic E-state index is 12.3. The van der Waals surface area contributed by atoms with Gasteiger partial charge in [0.1, 0.15) is 0 Å². The standard InChI is InChI=1S/C13H20N2O3S/c1-8-6-9(4-5-10(8)14)19(17,18)15-11-7-12(16)13(11,2)3/h4-6,11-12,15-16H,7,14H2,1-3H3. The normalized spacial score (nSPS) is 25.9. The van der Waals surface area contributed by atoms with E-state index in [4.69, 9.17) is 5.73 Å². The molecule has 2 unspecified atom stereocenters. The summed E-state index contributed by atoms with van der Waals surface area (Å²) in [5.41, 5.74) is 6.55. The number of rotatable bonds is 3. The molecule has 4 N–H and O–H groups in total. The molecule has 1 aromatic rings. The molecule has 106 valence electrons. The zero-order valence-corrected chi connectivity index (χ0v) is 12.2. The highest BCUT2D eigenvalue weighted by molar-refractivity contribution is 7.89. The molecule has 1 aromatic carbocycles. The molecule has 0 amide bonds. The van der Waals surface area contributed by atoms with Crippen molar-refractivity contribution in [3.63, 3.8) is 0 Å². The molecule has 5 nitrogen and oxygen atoms in total. The van der Waals surface area contributed by atoms with Gasteiger partial charge in [-0.15, -0.1) is 0 Å². The number of aryl methyl sites for hydroxylation is 1. The fourth-order valence-electron chi connectivity index (χ4n) is 2.17. The summed E-state index contributed by atoms with van der Waals surface area (Å²) < 4.78 is 27.2. The van der Waals surface area contributed by atoms with Gasteiger partial charge in [0.25, 0.3) is 0 Å². The fourth-order valence-corrected chi connectivity index (χ4v) is 3.66. The van der Waals surface area contributed by atoms with E-state index in [1.807, 2.05) is 13.8 Å². The number of aliphatic hydroxyl groups is 1. The lowest BCUT2D eigenvalue weighted by Crippen LogP contribution is -2.61. The van der Waals surface area contributed by atoms with Crippen LogP contribution in [-0.2, 0) is 10.0 Å². The first-order valence-corrected chi connectivity index (χ1v) is 7.69. The molecule has 2 rings (SSSR count). The lowest BCUT2D eigenvalue weighted by Gasteiger charge is -2.49. The average molecular weight is 284 g/mol. The summed E-state index contributed by atoms with van der Waals surface area (Å²) in [6.07, 6.45) is -0.0199. The largest absolute Gasteiger partial charge is 0.399 e. The lowest BCUT2D eigenvalue weighted by molar-refractivity contribution is -0.0645. The maximum absolute atomic E-state index is 12.3. The topological polar surface area (TPSA) is 92.4 Å². The van der Waals surface area contributed by atoms with E-state index in [0.717, 1.165) is 5.56 Å². The number of nitrogen functional groups attached to an aromatic ring is 1. The van der Waals surface area contributed by atoms with Crippen LogP contribution in [0.5, 0.6) is 0 Å². The molecule has 0 bridgehead atoms. The smallest absolute Gasteiger partial charge is 0.240 e. The van der Waals surface area contributed by atoms with Crippen LogP contribution < -0.4 is 10.5 Å². The van der Waals surface area contributed by atoms with E-state index in [1.165, 1.54) is 6.07 Å². The Hall–Kier alpha value is -1.11. The molecule has 0 heterocycles. The quantitative estimate of drug-likeness (QED) is 0.722. The number of aliphatic hydroxyl groups excluding tert-OH is 1. The van der Waals surface area contributed by atoms with Crippen molar-refractivity contribution in [2.45, 2.75) is 44.2 Å². The van der Waals surface area contributed by atoms with Gasteiger partial charge < -0.3 is 10.8 Å². The van der Waals surface area contributed by atoms with Gasteiger partial charge >= 0.3 is 0 Å². The number of sulfonamides is 1. The zero-order chi connectivity index (χ0) is 14.4. The summed E-state index contributed by atoms with van der Waals surface area (Å²) in [6.45, 7) is 5.47. The molecule has 1 aliphatic carbocycles. The van der Waals surface area contributed by atoms with E-state index < -0.39 is 21.5 Å². The number of anilines is 1. The Labute approximate surface area is 113 Å². The summed E-state index contributed by atoms with van der Waals surface area (Å²) in [4.78, 5) is 0.205. The van der Waals surface area contributed by atoms with Gasteiger partial charge in [-0.2, -0.15) is 0 Å². The minimum Gasteiger partial charge on any atom is -0.399 e. The highest BCUT2D eigenvalue weighted by atomic mass is 32.2. The van der Waals surface area contributed by atoms with Crippen molar-refractivity contribution >= 4 is 15.7 Å². The third-order valence-corrected chi connectivity index (χ3v) is 5.53. The van der Waals surface area contributed by atoms with Crippen LogP contribution in [0.4, 0.5) is 5.69 Å². The van der Waals surface area contributed by atoms with Crippen LogP contribution in [0.25, 0.3) is 0 Å². The first-order valence-electron chi connectivity index (χ1n) is 6.21. The zero-order valence-electron chi connectivity index (χ0n) is 11.3. The molecule has 1 saturated carbocycles. The SMILES string of the molecule is Cc1cc(S(=O)(=O)NC2CC(O)C2(C)C)ccc1N. The molecule has 0 aliphatic heterocycles. The number of benzene rings is 1. The number of nitrogens with two attached hydrogens (primary N) is 1. The Bertz CT molecular complexity index is 596. The molecule has 0 radical (unpaired) electrons. The van der Waals surface area contributed by atoms with E-state index in [2.05, 4.69) is 4.72 Å². The van der Waals surface area contributed by atoms with Crippen molar-refractivity contribution in [2.75, 3.05) is 5.73 Å². The first kappa shape index (κ1) is 14.3. The number of hydrogen-bond donors (Lipinski definition) is 3. The Morgan fingerprint density at radius 1 is 1.42 bits per heavy atom. The lowest BCUT2D eigenvalue weighted by atomic mass is 9.65. The van der Waals surface area contributed by atoms with Crippen LogP contribution in [0.2, 0.25) is 0 Å². The molecule has 1 fully saturated rings. The van der Waals surface area contributed by atoms with Gasteiger partial charge in [-0.3, -0.25) is 0 Å². The summed E-state index contributed by atoms with van der Waals surface area (Å²) in [5, 5.41) is 9.64. The Morgan fingerprint density at radius 3 is 2.53 bits per heavy atom. The Balaban J connectivity index is 2.22. The highest BCUT2D eigenvalue weighted by Crippen LogP contribution is 2.41. The van der Waals surface area contributed by atoms with Crippen molar-refractivity contribution in [1.82, 2.24) is 4.72 Å². The molecule has 0 aromatic heterocycles. The van der Waals surface area contributed by atoms with Crippen molar-refractivity contribution in [1.29, 1.82) is 0 Å². The predicted octanol–water partition coefficient (Wildman–Crippen LogP) is 1.01. The van der Waals surface area contributed by atoms with E-state index >= 15 is 0 Å². The predicted molar refractivity (Wildman–Crippen MR) is 74.1 cm³/mol. The monoisotopic (exact) mass is 284 g/mol. The number of hydrogen-bond acceptors (Lipinski definition) is 4. The molecule has 6 heteroatoms. The van der Waals surface area contributed by atoms with Gasteiger partial charge in [0.2, 0.25) is 10.0 Å². The third kappa shape index (κ3) is 2.48. The summed E-state index contributed by atoms with van der Waals surface area (Å²) in [6, 6.07) is 4.39. The van der Waals surface area contributed by atoms with Crippen molar-refractivity contribution in [3.8, 4) is 0 Å². The van der Waals surface area contributed by atoms with Crippen molar-refractivity contribution in [2.24, 2.45) is 5.41 Å². The van der Waals surface area contributed by atoms with Crippen LogP contribution in [0.1, 0.15) is 25.8 Å². The molecule has 0 saturated heterocycles. The highest BCUT2D eigenvalue weighted by Gasteiger charge is 2.48. The van der Waals surface area contributed by atoms with Crippen LogP contribution >= 0.6 is 0 Å². The summed E-state index contributed by atoms with van der Waals surface area (Å²) in [7, 11) is -3.57. The minimum absolute atomic E-state index is 0.205. The van der Waals surface area contributed by atoms with Gasteiger partial charge in [0, 0.05) is 17.1 Å². The average Bonchev–Trinajstić information content (AvgIpc) is 2.32. The van der Waals surface area contributed by atoms with Crippen LogP contribution in [0.3, 0.4) is 0 Å².